The molecular formula is C11H21ClN2O2. The van der Waals surface area contributed by atoms with Crippen molar-refractivity contribution in [1.82, 2.24) is 5.32 Å². The number of ether oxygens (including phenoxy) is 1. The number of halogens is 1. The number of carbonyl (C=O) groups excluding carboxylic acids is 1. The number of amides is 1. The zero-order valence-electron chi connectivity index (χ0n) is 9.65. The summed E-state index contributed by atoms with van der Waals surface area (Å²) in [4.78, 5) is 11.9. The van der Waals surface area contributed by atoms with Crippen molar-refractivity contribution in [2.24, 2.45) is 11.7 Å². The lowest BCUT2D eigenvalue weighted by atomic mass is 10.0. The van der Waals surface area contributed by atoms with Gasteiger partial charge in [0, 0.05) is 12.6 Å². The Morgan fingerprint density at radius 1 is 1.38 bits per heavy atom. The molecule has 0 spiro atoms. The zero-order valence-corrected chi connectivity index (χ0v) is 10.5. The highest BCUT2D eigenvalue weighted by molar-refractivity contribution is 5.85. The van der Waals surface area contributed by atoms with Gasteiger partial charge in [0.15, 0.2) is 0 Å². The van der Waals surface area contributed by atoms with Crippen LogP contribution in [0.25, 0.3) is 0 Å². The Kier molecular flexibility index (Phi) is 5.02. The van der Waals surface area contributed by atoms with E-state index in [1.807, 2.05) is 6.92 Å². The normalized spacial score (nSPS) is 38.1. The SMILES string of the molecule is CC1OCCC1NC(=O)C1CCCC1N.Cl. The van der Waals surface area contributed by atoms with Crippen molar-refractivity contribution in [2.75, 3.05) is 6.61 Å². The quantitative estimate of drug-likeness (QED) is 0.761. The molecule has 2 aliphatic rings. The molecule has 5 heteroatoms. The molecular weight excluding hydrogens is 228 g/mol. The average molecular weight is 249 g/mol. The summed E-state index contributed by atoms with van der Waals surface area (Å²) in [6.07, 6.45) is 4.07. The largest absolute Gasteiger partial charge is 0.376 e. The number of hydrogen-bond acceptors (Lipinski definition) is 3. The third-order valence-corrected chi connectivity index (χ3v) is 3.61. The van der Waals surface area contributed by atoms with Crippen LogP contribution in [-0.2, 0) is 9.53 Å². The van der Waals surface area contributed by atoms with Gasteiger partial charge in [-0.15, -0.1) is 12.4 Å². The van der Waals surface area contributed by atoms with Crippen molar-refractivity contribution >= 4 is 18.3 Å². The van der Waals surface area contributed by atoms with E-state index in [-0.39, 0.29) is 42.4 Å². The molecule has 2 fully saturated rings. The molecule has 3 N–H and O–H groups in total. The number of nitrogens with two attached hydrogens (primary N) is 1. The van der Waals surface area contributed by atoms with E-state index in [0.717, 1.165) is 32.3 Å². The molecule has 0 aromatic rings. The number of carbonyl (C=O) groups is 1. The Bertz CT molecular complexity index is 250. The van der Waals surface area contributed by atoms with Crippen LogP contribution < -0.4 is 11.1 Å². The first-order valence-corrected chi connectivity index (χ1v) is 5.86. The topological polar surface area (TPSA) is 64.3 Å². The van der Waals surface area contributed by atoms with Crippen LogP contribution >= 0.6 is 12.4 Å². The van der Waals surface area contributed by atoms with E-state index in [1.54, 1.807) is 0 Å². The van der Waals surface area contributed by atoms with Gasteiger partial charge in [-0.1, -0.05) is 6.42 Å². The van der Waals surface area contributed by atoms with Gasteiger partial charge in [-0.25, -0.2) is 0 Å². The van der Waals surface area contributed by atoms with Crippen molar-refractivity contribution in [3.8, 4) is 0 Å². The number of nitrogens with one attached hydrogen (secondary N) is 1. The predicted molar refractivity (Wildman–Crippen MR) is 64.5 cm³/mol. The molecule has 0 aromatic heterocycles. The van der Waals surface area contributed by atoms with E-state index in [4.69, 9.17) is 10.5 Å². The summed E-state index contributed by atoms with van der Waals surface area (Å²) >= 11 is 0. The number of rotatable bonds is 2. The Morgan fingerprint density at radius 3 is 2.62 bits per heavy atom. The van der Waals surface area contributed by atoms with Gasteiger partial charge in [0.1, 0.15) is 0 Å². The lowest BCUT2D eigenvalue weighted by Crippen LogP contribution is -2.45. The Hall–Kier alpha value is -0.320. The zero-order chi connectivity index (χ0) is 10.8. The Morgan fingerprint density at radius 2 is 2.12 bits per heavy atom. The lowest BCUT2D eigenvalue weighted by Gasteiger charge is -2.20. The molecule has 2 rings (SSSR count). The highest BCUT2D eigenvalue weighted by Crippen LogP contribution is 2.24. The van der Waals surface area contributed by atoms with Crippen LogP contribution in [0.15, 0.2) is 0 Å². The van der Waals surface area contributed by atoms with Crippen LogP contribution in [-0.4, -0.2) is 30.7 Å². The summed E-state index contributed by atoms with van der Waals surface area (Å²) in [6, 6.07) is 0.243. The van der Waals surface area contributed by atoms with Gasteiger partial charge in [0.25, 0.3) is 0 Å². The molecule has 4 nitrogen and oxygen atoms in total. The van der Waals surface area contributed by atoms with Gasteiger partial charge < -0.3 is 15.8 Å². The van der Waals surface area contributed by atoms with E-state index in [1.165, 1.54) is 0 Å². The molecule has 1 aliphatic carbocycles. The van der Waals surface area contributed by atoms with E-state index in [9.17, 15) is 4.79 Å². The maximum Gasteiger partial charge on any atom is 0.224 e. The van der Waals surface area contributed by atoms with Crippen LogP contribution in [0, 0.1) is 5.92 Å². The standard InChI is InChI=1S/C11H20N2O2.ClH/c1-7-10(5-6-15-7)13-11(14)8-3-2-4-9(8)12;/h7-10H,2-6,12H2,1H3,(H,13,14);1H. The van der Waals surface area contributed by atoms with Crippen molar-refractivity contribution in [2.45, 2.75) is 50.8 Å². The second-order valence-electron chi connectivity index (χ2n) is 4.68. The molecule has 1 amide bonds. The summed E-state index contributed by atoms with van der Waals surface area (Å²) in [6.45, 7) is 2.76. The first-order valence-electron chi connectivity index (χ1n) is 5.86. The van der Waals surface area contributed by atoms with Crippen LogP contribution in [0.1, 0.15) is 32.6 Å². The molecule has 1 saturated carbocycles. The van der Waals surface area contributed by atoms with Crippen LogP contribution in [0.2, 0.25) is 0 Å². The summed E-state index contributed by atoms with van der Waals surface area (Å²) in [5.41, 5.74) is 5.90. The highest BCUT2D eigenvalue weighted by Gasteiger charge is 2.33. The van der Waals surface area contributed by atoms with E-state index in [2.05, 4.69) is 5.32 Å². The summed E-state index contributed by atoms with van der Waals surface area (Å²) in [7, 11) is 0. The molecule has 1 heterocycles. The van der Waals surface area contributed by atoms with Gasteiger partial charge in [-0.3, -0.25) is 4.79 Å². The predicted octanol–water partition coefficient (Wildman–Crippen LogP) is 0.829. The van der Waals surface area contributed by atoms with Crippen molar-refractivity contribution in [3.05, 3.63) is 0 Å². The van der Waals surface area contributed by atoms with Crippen LogP contribution in [0.3, 0.4) is 0 Å². The lowest BCUT2D eigenvalue weighted by molar-refractivity contribution is -0.126. The fourth-order valence-electron chi connectivity index (χ4n) is 2.53. The smallest absolute Gasteiger partial charge is 0.224 e. The molecule has 16 heavy (non-hydrogen) atoms. The highest BCUT2D eigenvalue weighted by atomic mass is 35.5. The molecule has 94 valence electrons. The number of hydrogen-bond donors (Lipinski definition) is 2. The second-order valence-corrected chi connectivity index (χ2v) is 4.68. The third-order valence-electron chi connectivity index (χ3n) is 3.61. The molecule has 0 aromatic carbocycles. The summed E-state index contributed by atoms with van der Waals surface area (Å²) in [5, 5.41) is 3.06. The van der Waals surface area contributed by atoms with Crippen LogP contribution in [0.4, 0.5) is 0 Å². The fourth-order valence-corrected chi connectivity index (χ4v) is 2.53. The summed E-state index contributed by atoms with van der Waals surface area (Å²) in [5.74, 6) is 0.153. The van der Waals surface area contributed by atoms with Gasteiger partial charge in [0.2, 0.25) is 5.91 Å². The molecule has 1 aliphatic heterocycles. The molecule has 1 saturated heterocycles. The van der Waals surface area contributed by atoms with Gasteiger partial charge in [0.05, 0.1) is 18.1 Å². The molecule has 0 bridgehead atoms. The van der Waals surface area contributed by atoms with Gasteiger partial charge in [-0.2, -0.15) is 0 Å². The molecule has 4 unspecified atom stereocenters. The van der Waals surface area contributed by atoms with E-state index in [0.29, 0.717) is 0 Å². The fraction of sp³-hybridized carbons (Fsp3) is 0.909. The summed E-state index contributed by atoms with van der Waals surface area (Å²) < 4.78 is 5.41. The van der Waals surface area contributed by atoms with Crippen molar-refractivity contribution < 1.29 is 9.53 Å². The second kappa shape index (κ2) is 5.84. The van der Waals surface area contributed by atoms with Gasteiger partial charge >= 0.3 is 0 Å². The maximum absolute atomic E-state index is 11.9. The monoisotopic (exact) mass is 248 g/mol. The maximum atomic E-state index is 11.9. The third kappa shape index (κ3) is 2.87. The average Bonchev–Trinajstić information content (AvgIpc) is 2.76. The van der Waals surface area contributed by atoms with E-state index < -0.39 is 0 Å². The minimum Gasteiger partial charge on any atom is -0.376 e. The van der Waals surface area contributed by atoms with Crippen LogP contribution in [0.5, 0.6) is 0 Å². The van der Waals surface area contributed by atoms with Gasteiger partial charge in [-0.05, 0) is 26.2 Å². The van der Waals surface area contributed by atoms with Crippen molar-refractivity contribution in [1.29, 1.82) is 0 Å². The van der Waals surface area contributed by atoms with Crippen molar-refractivity contribution in [3.63, 3.8) is 0 Å². The molecule has 0 radical (unpaired) electrons. The first-order chi connectivity index (χ1) is 7.18. The Balaban J connectivity index is 0.00000128. The first kappa shape index (κ1) is 13.7. The molecule has 4 atom stereocenters. The minimum atomic E-state index is 0. The minimum absolute atomic E-state index is 0. The Labute approximate surface area is 103 Å². The van der Waals surface area contributed by atoms with E-state index >= 15 is 0 Å².